The zero-order chi connectivity index (χ0) is 15.1. The third kappa shape index (κ3) is 4.33. The molecule has 2 aromatic carbocycles. The number of alkyl halides is 1. The van der Waals surface area contributed by atoms with Gasteiger partial charge in [-0.05, 0) is 48.6 Å². The van der Waals surface area contributed by atoms with Gasteiger partial charge in [-0.3, -0.25) is 4.79 Å². The molecule has 2 nitrogen and oxygen atoms in total. The number of rotatable bonds is 6. The molecule has 0 unspecified atom stereocenters. The fourth-order valence-corrected chi connectivity index (χ4v) is 2.46. The first-order valence-electron chi connectivity index (χ1n) is 7.28. The monoisotopic (exact) mass is 301 g/mol. The van der Waals surface area contributed by atoms with E-state index >= 15 is 0 Å². The molecule has 110 valence electrons. The minimum Gasteiger partial charge on any atom is -0.322 e. The zero-order valence-electron chi connectivity index (χ0n) is 12.2. The molecule has 2 rings (SSSR count). The summed E-state index contributed by atoms with van der Waals surface area (Å²) >= 11 is 5.72. The summed E-state index contributed by atoms with van der Waals surface area (Å²) in [5, 5.41) is 2.98. The van der Waals surface area contributed by atoms with Crippen molar-refractivity contribution in [1.82, 2.24) is 0 Å². The number of hydrogen-bond donors (Lipinski definition) is 1. The van der Waals surface area contributed by atoms with E-state index in [2.05, 4.69) is 18.3 Å². The van der Waals surface area contributed by atoms with Crippen LogP contribution in [-0.2, 0) is 12.8 Å². The summed E-state index contributed by atoms with van der Waals surface area (Å²) in [5.41, 5.74) is 3.83. The number of amides is 1. The lowest BCUT2D eigenvalue weighted by Gasteiger charge is -2.10. The zero-order valence-corrected chi connectivity index (χ0v) is 13.0. The van der Waals surface area contributed by atoms with Gasteiger partial charge in [0, 0.05) is 17.1 Å². The van der Waals surface area contributed by atoms with E-state index in [0.717, 1.165) is 36.1 Å². The van der Waals surface area contributed by atoms with Crippen molar-refractivity contribution in [3.05, 3.63) is 65.2 Å². The number of carbonyl (C=O) groups is 1. The second kappa shape index (κ2) is 7.84. The van der Waals surface area contributed by atoms with E-state index in [0.29, 0.717) is 5.88 Å². The van der Waals surface area contributed by atoms with Crippen molar-refractivity contribution < 1.29 is 4.79 Å². The Morgan fingerprint density at radius 2 is 1.95 bits per heavy atom. The molecule has 1 amide bonds. The quantitative estimate of drug-likeness (QED) is 0.772. The fraction of sp³-hybridized carbons (Fsp3) is 0.278. The van der Waals surface area contributed by atoms with E-state index in [-0.39, 0.29) is 5.91 Å². The summed E-state index contributed by atoms with van der Waals surface area (Å²) in [4.78, 5) is 12.4. The number of aryl methyl sites for hydroxylation is 2. The van der Waals surface area contributed by atoms with E-state index in [1.54, 1.807) is 0 Å². The lowest BCUT2D eigenvalue weighted by atomic mass is 10.0. The molecular weight excluding hydrogens is 282 g/mol. The van der Waals surface area contributed by atoms with Crippen LogP contribution in [0.4, 0.5) is 5.69 Å². The predicted molar refractivity (Wildman–Crippen MR) is 89.3 cm³/mol. The number of carbonyl (C=O) groups excluding carboxylic acids is 1. The van der Waals surface area contributed by atoms with Gasteiger partial charge in [0.25, 0.3) is 5.91 Å². The van der Waals surface area contributed by atoms with Crippen LogP contribution in [0.2, 0.25) is 0 Å². The van der Waals surface area contributed by atoms with Crippen LogP contribution >= 0.6 is 11.6 Å². The van der Waals surface area contributed by atoms with Gasteiger partial charge in [0.1, 0.15) is 0 Å². The van der Waals surface area contributed by atoms with Gasteiger partial charge in [-0.2, -0.15) is 0 Å². The molecule has 0 aliphatic rings. The van der Waals surface area contributed by atoms with Crippen molar-refractivity contribution in [2.24, 2.45) is 0 Å². The van der Waals surface area contributed by atoms with Gasteiger partial charge >= 0.3 is 0 Å². The van der Waals surface area contributed by atoms with Gasteiger partial charge in [0.05, 0.1) is 0 Å². The highest BCUT2D eigenvalue weighted by Gasteiger charge is 2.10. The Kier molecular flexibility index (Phi) is 5.82. The van der Waals surface area contributed by atoms with Crippen molar-refractivity contribution in [2.75, 3.05) is 11.2 Å². The van der Waals surface area contributed by atoms with Crippen LogP contribution in [0.15, 0.2) is 48.5 Å². The normalized spacial score (nSPS) is 10.4. The number of nitrogens with one attached hydrogen (secondary N) is 1. The standard InChI is InChI=1S/C18H20ClNO/c1-2-15-9-3-4-11-17(15)18(21)20-16-10-5-7-14(13-16)8-6-12-19/h3-5,7,9-11,13H,2,6,8,12H2,1H3,(H,20,21). The highest BCUT2D eigenvalue weighted by Crippen LogP contribution is 2.16. The van der Waals surface area contributed by atoms with E-state index in [1.807, 2.05) is 42.5 Å². The van der Waals surface area contributed by atoms with Crippen LogP contribution in [0.3, 0.4) is 0 Å². The third-order valence-electron chi connectivity index (χ3n) is 3.43. The van der Waals surface area contributed by atoms with Gasteiger partial charge in [-0.1, -0.05) is 37.3 Å². The van der Waals surface area contributed by atoms with Crippen molar-refractivity contribution in [1.29, 1.82) is 0 Å². The van der Waals surface area contributed by atoms with Crippen LogP contribution in [-0.4, -0.2) is 11.8 Å². The summed E-state index contributed by atoms with van der Waals surface area (Å²) in [6, 6.07) is 15.7. The first-order valence-corrected chi connectivity index (χ1v) is 7.82. The van der Waals surface area contributed by atoms with E-state index in [4.69, 9.17) is 11.6 Å². The Morgan fingerprint density at radius 3 is 2.71 bits per heavy atom. The maximum Gasteiger partial charge on any atom is 0.255 e. The summed E-state index contributed by atoms with van der Waals surface area (Å²) in [7, 11) is 0. The highest BCUT2D eigenvalue weighted by atomic mass is 35.5. The Bertz CT molecular complexity index is 610. The average Bonchev–Trinajstić information content (AvgIpc) is 2.53. The third-order valence-corrected chi connectivity index (χ3v) is 3.69. The van der Waals surface area contributed by atoms with E-state index in [1.165, 1.54) is 5.56 Å². The van der Waals surface area contributed by atoms with E-state index < -0.39 is 0 Å². The topological polar surface area (TPSA) is 29.1 Å². The molecule has 1 N–H and O–H groups in total. The van der Waals surface area contributed by atoms with Crippen molar-refractivity contribution in [2.45, 2.75) is 26.2 Å². The van der Waals surface area contributed by atoms with E-state index in [9.17, 15) is 4.79 Å². The molecule has 0 aliphatic carbocycles. The largest absolute Gasteiger partial charge is 0.322 e. The molecule has 0 radical (unpaired) electrons. The second-order valence-electron chi connectivity index (χ2n) is 4.96. The van der Waals surface area contributed by atoms with Gasteiger partial charge in [0.2, 0.25) is 0 Å². The van der Waals surface area contributed by atoms with Gasteiger partial charge < -0.3 is 5.32 Å². The molecule has 0 aliphatic heterocycles. The molecule has 0 bridgehead atoms. The molecule has 0 spiro atoms. The van der Waals surface area contributed by atoms with Crippen LogP contribution in [0.25, 0.3) is 0 Å². The molecule has 0 saturated carbocycles. The minimum atomic E-state index is -0.0538. The van der Waals surface area contributed by atoms with Crippen LogP contribution in [0.5, 0.6) is 0 Å². The lowest BCUT2D eigenvalue weighted by molar-refractivity contribution is 0.102. The van der Waals surface area contributed by atoms with Gasteiger partial charge in [-0.15, -0.1) is 11.6 Å². The Labute approximate surface area is 131 Å². The first-order chi connectivity index (χ1) is 10.2. The number of benzene rings is 2. The van der Waals surface area contributed by atoms with Crippen LogP contribution in [0, 0.1) is 0 Å². The lowest BCUT2D eigenvalue weighted by Crippen LogP contribution is -2.14. The Balaban J connectivity index is 2.12. The number of halogens is 1. The molecule has 0 atom stereocenters. The molecule has 21 heavy (non-hydrogen) atoms. The molecule has 2 aromatic rings. The average molecular weight is 302 g/mol. The van der Waals surface area contributed by atoms with Crippen molar-refractivity contribution in [3.63, 3.8) is 0 Å². The molecule has 3 heteroatoms. The Morgan fingerprint density at radius 1 is 1.14 bits per heavy atom. The first kappa shape index (κ1) is 15.6. The van der Waals surface area contributed by atoms with Gasteiger partial charge in [0.15, 0.2) is 0 Å². The predicted octanol–water partition coefficient (Wildman–Crippen LogP) is 4.67. The molecule has 0 heterocycles. The summed E-state index contributed by atoms with van der Waals surface area (Å²) in [5.74, 6) is 0.599. The summed E-state index contributed by atoms with van der Waals surface area (Å²) in [6.07, 6.45) is 2.72. The SMILES string of the molecule is CCc1ccccc1C(=O)Nc1cccc(CCCCl)c1. The van der Waals surface area contributed by atoms with Gasteiger partial charge in [-0.25, -0.2) is 0 Å². The van der Waals surface area contributed by atoms with Crippen LogP contribution in [0.1, 0.15) is 34.8 Å². The fourth-order valence-electron chi connectivity index (χ4n) is 2.32. The smallest absolute Gasteiger partial charge is 0.255 e. The highest BCUT2D eigenvalue weighted by molar-refractivity contribution is 6.17. The maximum absolute atomic E-state index is 12.4. The van der Waals surface area contributed by atoms with Crippen LogP contribution < -0.4 is 5.32 Å². The number of hydrogen-bond acceptors (Lipinski definition) is 1. The molecule has 0 fully saturated rings. The molecular formula is C18H20ClNO. The molecule has 0 saturated heterocycles. The summed E-state index contributed by atoms with van der Waals surface area (Å²) in [6.45, 7) is 2.05. The number of anilines is 1. The Hall–Kier alpha value is -1.80. The minimum absolute atomic E-state index is 0.0538. The van der Waals surface area contributed by atoms with Crippen molar-refractivity contribution in [3.8, 4) is 0 Å². The summed E-state index contributed by atoms with van der Waals surface area (Å²) < 4.78 is 0. The van der Waals surface area contributed by atoms with Crippen molar-refractivity contribution >= 4 is 23.2 Å². The molecule has 0 aromatic heterocycles. The maximum atomic E-state index is 12.4. The second-order valence-corrected chi connectivity index (χ2v) is 5.34.